The summed E-state index contributed by atoms with van der Waals surface area (Å²) in [5, 5.41) is 11.6. The second kappa shape index (κ2) is 5.69. The quantitative estimate of drug-likeness (QED) is 0.354. The lowest BCUT2D eigenvalue weighted by molar-refractivity contribution is -0.143. The number of methoxy groups -OCH3 is 1. The molecule has 1 aromatic heterocycles. The Morgan fingerprint density at radius 1 is 1.56 bits per heavy atom. The Hall–Kier alpha value is -2.11. The van der Waals surface area contributed by atoms with Crippen LogP contribution in [-0.2, 0) is 9.53 Å². The summed E-state index contributed by atoms with van der Waals surface area (Å²) in [4.78, 5) is 14.7. The van der Waals surface area contributed by atoms with E-state index in [0.29, 0.717) is 17.2 Å². The van der Waals surface area contributed by atoms with Gasteiger partial charge in [-0.05, 0) is 13.0 Å². The molecule has 0 saturated heterocycles. The molecular formula is C10H12N2O4. The number of carbonyl (C=O) groups is 1. The number of oxime groups is 1. The Bertz CT molecular complexity index is 386. The number of hydrogen-bond donors (Lipinski definition) is 1. The molecule has 6 heteroatoms. The monoisotopic (exact) mass is 224 g/mol. The summed E-state index contributed by atoms with van der Waals surface area (Å²) < 4.78 is 9.45. The fraction of sp³-hybridized carbons (Fsp3) is 0.300. The SMILES string of the molecule is COC(=O)COc1ccc(/C(C)=N/O)cn1. The van der Waals surface area contributed by atoms with Crippen LogP contribution in [0.15, 0.2) is 23.5 Å². The van der Waals surface area contributed by atoms with Crippen LogP contribution < -0.4 is 4.74 Å². The van der Waals surface area contributed by atoms with Crippen molar-refractivity contribution in [3.63, 3.8) is 0 Å². The van der Waals surface area contributed by atoms with Gasteiger partial charge in [-0.15, -0.1) is 0 Å². The van der Waals surface area contributed by atoms with Gasteiger partial charge in [-0.25, -0.2) is 9.78 Å². The van der Waals surface area contributed by atoms with E-state index in [2.05, 4.69) is 14.9 Å². The molecule has 0 fully saturated rings. The first-order valence-electron chi connectivity index (χ1n) is 4.52. The highest BCUT2D eigenvalue weighted by molar-refractivity contribution is 5.97. The van der Waals surface area contributed by atoms with Crippen LogP contribution in [0.5, 0.6) is 5.88 Å². The minimum atomic E-state index is -0.473. The van der Waals surface area contributed by atoms with Crippen molar-refractivity contribution in [1.82, 2.24) is 4.98 Å². The summed E-state index contributed by atoms with van der Waals surface area (Å²) in [6.45, 7) is 1.46. The van der Waals surface area contributed by atoms with Crippen molar-refractivity contribution in [3.05, 3.63) is 23.9 Å². The van der Waals surface area contributed by atoms with Crippen molar-refractivity contribution in [2.75, 3.05) is 13.7 Å². The average Bonchev–Trinajstić information content (AvgIpc) is 2.35. The standard InChI is InChI=1S/C10H12N2O4/c1-7(12-14)8-3-4-9(11-5-8)16-6-10(13)15-2/h3-5,14H,6H2,1-2H3/b12-7+. The lowest BCUT2D eigenvalue weighted by Gasteiger charge is -2.04. The topological polar surface area (TPSA) is 81.0 Å². The maximum absolute atomic E-state index is 10.8. The third-order valence-corrected chi connectivity index (χ3v) is 1.87. The molecule has 0 aliphatic carbocycles. The van der Waals surface area contributed by atoms with Crippen LogP contribution in [0.1, 0.15) is 12.5 Å². The zero-order chi connectivity index (χ0) is 12.0. The largest absolute Gasteiger partial charge is 0.466 e. The van der Waals surface area contributed by atoms with Crippen LogP contribution in [0.4, 0.5) is 0 Å². The van der Waals surface area contributed by atoms with E-state index in [1.54, 1.807) is 19.1 Å². The van der Waals surface area contributed by atoms with Crippen LogP contribution in [0.25, 0.3) is 0 Å². The molecule has 0 unspecified atom stereocenters. The Kier molecular flexibility index (Phi) is 4.26. The summed E-state index contributed by atoms with van der Waals surface area (Å²) in [6.07, 6.45) is 1.49. The molecule has 16 heavy (non-hydrogen) atoms. The van der Waals surface area contributed by atoms with Crippen molar-refractivity contribution in [2.45, 2.75) is 6.92 Å². The number of aromatic nitrogens is 1. The number of ether oxygens (including phenoxy) is 2. The van der Waals surface area contributed by atoms with Crippen molar-refractivity contribution < 1.29 is 19.5 Å². The van der Waals surface area contributed by atoms with E-state index in [1.165, 1.54) is 13.3 Å². The minimum absolute atomic E-state index is 0.185. The lowest BCUT2D eigenvalue weighted by atomic mass is 10.2. The molecule has 86 valence electrons. The molecule has 0 bridgehead atoms. The Labute approximate surface area is 92.5 Å². The number of carbonyl (C=O) groups excluding carboxylic acids is 1. The van der Waals surface area contributed by atoms with E-state index in [1.807, 2.05) is 0 Å². The maximum Gasteiger partial charge on any atom is 0.343 e. The summed E-state index contributed by atoms with van der Waals surface area (Å²) in [7, 11) is 1.28. The van der Waals surface area contributed by atoms with Gasteiger partial charge in [0, 0.05) is 17.8 Å². The van der Waals surface area contributed by atoms with E-state index in [4.69, 9.17) is 9.94 Å². The first-order valence-corrected chi connectivity index (χ1v) is 4.52. The second-order valence-corrected chi connectivity index (χ2v) is 2.94. The molecular weight excluding hydrogens is 212 g/mol. The van der Waals surface area contributed by atoms with Crippen LogP contribution >= 0.6 is 0 Å². The highest BCUT2D eigenvalue weighted by Gasteiger charge is 2.03. The molecule has 0 amide bonds. The van der Waals surface area contributed by atoms with Gasteiger partial charge < -0.3 is 14.7 Å². The summed E-state index contributed by atoms with van der Waals surface area (Å²) in [5.74, 6) is -0.168. The average molecular weight is 224 g/mol. The number of hydrogen-bond acceptors (Lipinski definition) is 6. The van der Waals surface area contributed by atoms with Gasteiger partial charge in [0.25, 0.3) is 0 Å². The fourth-order valence-electron chi connectivity index (χ4n) is 0.929. The van der Waals surface area contributed by atoms with Gasteiger partial charge >= 0.3 is 5.97 Å². The van der Waals surface area contributed by atoms with Gasteiger partial charge in [0.05, 0.1) is 12.8 Å². The Morgan fingerprint density at radius 3 is 2.81 bits per heavy atom. The van der Waals surface area contributed by atoms with Crippen molar-refractivity contribution in [3.8, 4) is 5.88 Å². The first kappa shape index (κ1) is 12.0. The summed E-state index contributed by atoms with van der Waals surface area (Å²) >= 11 is 0. The summed E-state index contributed by atoms with van der Waals surface area (Å²) in [6, 6.07) is 3.25. The van der Waals surface area contributed by atoms with Crippen LogP contribution in [0.2, 0.25) is 0 Å². The van der Waals surface area contributed by atoms with Gasteiger partial charge in [0.2, 0.25) is 5.88 Å². The van der Waals surface area contributed by atoms with E-state index in [0.717, 1.165) is 0 Å². The molecule has 1 aromatic rings. The Balaban J connectivity index is 2.61. The van der Waals surface area contributed by atoms with Crippen LogP contribution in [0.3, 0.4) is 0 Å². The Morgan fingerprint density at radius 2 is 2.31 bits per heavy atom. The zero-order valence-corrected chi connectivity index (χ0v) is 9.01. The van der Waals surface area contributed by atoms with Gasteiger partial charge in [-0.1, -0.05) is 5.16 Å². The predicted molar refractivity (Wildman–Crippen MR) is 55.7 cm³/mol. The van der Waals surface area contributed by atoms with Crippen molar-refractivity contribution in [1.29, 1.82) is 0 Å². The molecule has 0 aliphatic rings. The van der Waals surface area contributed by atoms with Gasteiger partial charge in [0.15, 0.2) is 6.61 Å². The van der Waals surface area contributed by atoms with E-state index in [9.17, 15) is 4.79 Å². The smallest absolute Gasteiger partial charge is 0.343 e. The molecule has 1 rings (SSSR count). The molecule has 0 spiro atoms. The minimum Gasteiger partial charge on any atom is -0.466 e. The van der Waals surface area contributed by atoms with Gasteiger partial charge in [0.1, 0.15) is 0 Å². The molecule has 1 N–H and O–H groups in total. The third-order valence-electron chi connectivity index (χ3n) is 1.87. The second-order valence-electron chi connectivity index (χ2n) is 2.94. The summed E-state index contributed by atoms with van der Waals surface area (Å²) in [5.41, 5.74) is 1.12. The third kappa shape index (κ3) is 3.23. The highest BCUT2D eigenvalue weighted by atomic mass is 16.6. The lowest BCUT2D eigenvalue weighted by Crippen LogP contribution is -2.13. The molecule has 1 heterocycles. The number of esters is 1. The van der Waals surface area contributed by atoms with Crippen molar-refractivity contribution in [2.24, 2.45) is 5.16 Å². The molecule has 0 aromatic carbocycles. The number of nitrogens with zero attached hydrogens (tertiary/aromatic N) is 2. The van der Waals surface area contributed by atoms with E-state index < -0.39 is 5.97 Å². The molecule has 0 aliphatic heterocycles. The van der Waals surface area contributed by atoms with E-state index >= 15 is 0 Å². The predicted octanol–water partition coefficient (Wildman–Crippen LogP) is 0.832. The fourth-order valence-corrected chi connectivity index (χ4v) is 0.929. The number of pyridine rings is 1. The highest BCUT2D eigenvalue weighted by Crippen LogP contribution is 2.08. The van der Waals surface area contributed by atoms with Crippen molar-refractivity contribution >= 4 is 11.7 Å². The first-order chi connectivity index (χ1) is 7.67. The van der Waals surface area contributed by atoms with Gasteiger partial charge in [-0.2, -0.15) is 0 Å². The molecule has 0 radical (unpaired) electrons. The van der Waals surface area contributed by atoms with Crippen LogP contribution in [-0.4, -0.2) is 35.6 Å². The number of rotatable bonds is 4. The molecule has 6 nitrogen and oxygen atoms in total. The zero-order valence-electron chi connectivity index (χ0n) is 9.01. The molecule has 0 saturated carbocycles. The molecule has 0 atom stereocenters. The van der Waals surface area contributed by atoms with E-state index in [-0.39, 0.29) is 6.61 Å². The van der Waals surface area contributed by atoms with Gasteiger partial charge in [-0.3, -0.25) is 0 Å². The van der Waals surface area contributed by atoms with Crippen LogP contribution in [0, 0.1) is 0 Å². The maximum atomic E-state index is 10.8. The normalized spacial score (nSPS) is 11.0.